The number of anilines is 2. The number of aryl methyl sites for hydroxylation is 1. The zero-order chi connectivity index (χ0) is 21.3. The third kappa shape index (κ3) is 3.71. The molecular formula is C24H23FN4O. The van der Waals surface area contributed by atoms with Crippen LogP contribution < -0.4 is 10.2 Å². The van der Waals surface area contributed by atoms with E-state index in [0.717, 1.165) is 16.8 Å². The number of hydrogen-bond acceptors (Lipinski definition) is 4. The number of pyridine rings is 1. The van der Waals surface area contributed by atoms with Crippen molar-refractivity contribution in [3.8, 4) is 6.07 Å². The highest BCUT2D eigenvalue weighted by molar-refractivity contribution is 5.95. The molecule has 1 fully saturated rings. The average molecular weight is 402 g/mol. The lowest BCUT2D eigenvalue weighted by Crippen LogP contribution is -2.38. The topological polar surface area (TPSA) is 69.0 Å². The van der Waals surface area contributed by atoms with E-state index < -0.39 is 0 Å². The van der Waals surface area contributed by atoms with E-state index in [9.17, 15) is 14.4 Å². The summed E-state index contributed by atoms with van der Waals surface area (Å²) in [6.07, 6.45) is 2.87. The second-order valence-electron chi connectivity index (χ2n) is 7.79. The molecule has 1 amide bonds. The van der Waals surface area contributed by atoms with Crippen molar-refractivity contribution in [2.45, 2.75) is 26.7 Å². The summed E-state index contributed by atoms with van der Waals surface area (Å²) in [4.78, 5) is 19.2. The number of halogens is 1. The molecule has 0 bridgehead atoms. The van der Waals surface area contributed by atoms with E-state index in [0.29, 0.717) is 48.1 Å². The predicted molar refractivity (Wildman–Crippen MR) is 116 cm³/mol. The Labute approximate surface area is 175 Å². The van der Waals surface area contributed by atoms with Crippen LogP contribution in [0, 0.1) is 36.9 Å². The number of piperidine rings is 1. The molecule has 30 heavy (non-hydrogen) atoms. The third-order valence-electron chi connectivity index (χ3n) is 5.97. The van der Waals surface area contributed by atoms with Gasteiger partial charge in [-0.2, -0.15) is 5.26 Å². The summed E-state index contributed by atoms with van der Waals surface area (Å²) in [5.41, 5.74) is 4.85. The zero-order valence-corrected chi connectivity index (χ0v) is 17.1. The van der Waals surface area contributed by atoms with Gasteiger partial charge in [0.05, 0.1) is 16.8 Å². The average Bonchev–Trinajstić information content (AvgIpc) is 2.76. The van der Waals surface area contributed by atoms with Crippen LogP contribution in [-0.4, -0.2) is 24.0 Å². The van der Waals surface area contributed by atoms with Crippen molar-refractivity contribution in [3.05, 3.63) is 65.1 Å². The number of nitriles is 1. The van der Waals surface area contributed by atoms with Crippen LogP contribution in [0.4, 0.5) is 15.8 Å². The van der Waals surface area contributed by atoms with Crippen molar-refractivity contribution in [1.29, 1.82) is 5.26 Å². The normalized spacial score (nSPS) is 14.5. The number of benzene rings is 2. The molecule has 3 aromatic rings. The molecule has 4 rings (SSSR count). The Morgan fingerprint density at radius 3 is 2.73 bits per heavy atom. The lowest BCUT2D eigenvalue weighted by atomic mass is 9.94. The van der Waals surface area contributed by atoms with Crippen molar-refractivity contribution in [3.63, 3.8) is 0 Å². The fourth-order valence-electron chi connectivity index (χ4n) is 4.06. The number of nitrogens with zero attached hydrogens (tertiary/aromatic N) is 3. The maximum atomic E-state index is 13.9. The van der Waals surface area contributed by atoms with Gasteiger partial charge in [-0.3, -0.25) is 9.78 Å². The highest BCUT2D eigenvalue weighted by Crippen LogP contribution is 2.33. The van der Waals surface area contributed by atoms with Crippen LogP contribution >= 0.6 is 0 Å². The van der Waals surface area contributed by atoms with Gasteiger partial charge in [0, 0.05) is 36.3 Å². The Bertz CT molecular complexity index is 1160. The van der Waals surface area contributed by atoms with Gasteiger partial charge in [-0.05, 0) is 62.1 Å². The van der Waals surface area contributed by atoms with Crippen molar-refractivity contribution in [2.24, 2.45) is 5.92 Å². The van der Waals surface area contributed by atoms with Gasteiger partial charge >= 0.3 is 0 Å². The van der Waals surface area contributed by atoms with Crippen LogP contribution in [0.1, 0.15) is 29.5 Å². The highest BCUT2D eigenvalue weighted by Gasteiger charge is 2.27. The fourth-order valence-corrected chi connectivity index (χ4v) is 4.06. The minimum absolute atomic E-state index is 0.0227. The molecule has 2 heterocycles. The molecule has 1 saturated heterocycles. The number of nitrogens with one attached hydrogen (secondary N) is 1. The summed E-state index contributed by atoms with van der Waals surface area (Å²) in [6.45, 7) is 5.27. The van der Waals surface area contributed by atoms with Crippen LogP contribution in [-0.2, 0) is 4.79 Å². The Morgan fingerprint density at radius 2 is 2.00 bits per heavy atom. The van der Waals surface area contributed by atoms with Crippen LogP contribution in [0.5, 0.6) is 0 Å². The Morgan fingerprint density at radius 1 is 1.23 bits per heavy atom. The first-order chi connectivity index (χ1) is 14.5. The Kier molecular flexibility index (Phi) is 5.37. The molecule has 1 aliphatic rings. The van der Waals surface area contributed by atoms with Gasteiger partial charge in [0.15, 0.2) is 0 Å². The highest BCUT2D eigenvalue weighted by atomic mass is 19.1. The number of hydrogen-bond donors (Lipinski definition) is 1. The van der Waals surface area contributed by atoms with E-state index in [1.807, 2.05) is 32.0 Å². The van der Waals surface area contributed by atoms with Crippen molar-refractivity contribution in [1.82, 2.24) is 4.98 Å². The number of amides is 1. The monoisotopic (exact) mass is 402 g/mol. The van der Waals surface area contributed by atoms with Crippen molar-refractivity contribution < 1.29 is 9.18 Å². The molecule has 0 aliphatic carbocycles. The third-order valence-corrected chi connectivity index (χ3v) is 5.97. The zero-order valence-electron chi connectivity index (χ0n) is 17.1. The largest absolute Gasteiger partial charge is 0.370 e. The molecule has 1 aliphatic heterocycles. The SMILES string of the molecule is Cc1cccc(NC(=O)C2CCN(c3c(C#N)cnc4ccc(F)cc34)CC2)c1C. The number of carbonyl (C=O) groups excluding carboxylic acids is 1. The number of rotatable bonds is 3. The van der Waals surface area contributed by atoms with E-state index in [1.54, 1.807) is 6.07 Å². The molecule has 0 unspecified atom stereocenters. The summed E-state index contributed by atoms with van der Waals surface area (Å²) in [5, 5.41) is 13.3. The summed E-state index contributed by atoms with van der Waals surface area (Å²) >= 11 is 0. The second-order valence-corrected chi connectivity index (χ2v) is 7.79. The molecule has 0 atom stereocenters. The molecule has 0 saturated carbocycles. The predicted octanol–water partition coefficient (Wildman–Crippen LogP) is 4.72. The number of aromatic nitrogens is 1. The van der Waals surface area contributed by atoms with Gasteiger partial charge < -0.3 is 10.2 Å². The first-order valence-corrected chi connectivity index (χ1v) is 10.1. The smallest absolute Gasteiger partial charge is 0.227 e. The molecule has 1 N–H and O–H groups in total. The van der Waals surface area contributed by atoms with Gasteiger partial charge in [-0.25, -0.2) is 4.39 Å². The molecule has 2 aromatic carbocycles. The van der Waals surface area contributed by atoms with E-state index >= 15 is 0 Å². The van der Waals surface area contributed by atoms with Gasteiger partial charge in [0.2, 0.25) is 5.91 Å². The fraction of sp³-hybridized carbons (Fsp3) is 0.292. The summed E-state index contributed by atoms with van der Waals surface area (Å²) in [6, 6.07) is 12.5. The van der Waals surface area contributed by atoms with Crippen LogP contribution in [0.3, 0.4) is 0 Å². The summed E-state index contributed by atoms with van der Waals surface area (Å²) in [5.74, 6) is -0.436. The maximum absolute atomic E-state index is 13.9. The minimum Gasteiger partial charge on any atom is -0.370 e. The molecule has 152 valence electrons. The van der Waals surface area contributed by atoms with Gasteiger partial charge in [0.1, 0.15) is 11.9 Å². The van der Waals surface area contributed by atoms with Gasteiger partial charge in [-0.1, -0.05) is 12.1 Å². The first-order valence-electron chi connectivity index (χ1n) is 10.1. The molecule has 6 heteroatoms. The van der Waals surface area contributed by atoms with Crippen molar-refractivity contribution in [2.75, 3.05) is 23.3 Å². The van der Waals surface area contributed by atoms with Crippen LogP contribution in [0.2, 0.25) is 0 Å². The Hall–Kier alpha value is -3.46. The molecule has 0 spiro atoms. The van der Waals surface area contributed by atoms with Gasteiger partial charge in [0.25, 0.3) is 0 Å². The summed E-state index contributed by atoms with van der Waals surface area (Å²) < 4.78 is 13.9. The molecule has 5 nitrogen and oxygen atoms in total. The summed E-state index contributed by atoms with van der Waals surface area (Å²) in [7, 11) is 0. The quantitative estimate of drug-likeness (QED) is 0.688. The first kappa shape index (κ1) is 19.8. The van der Waals surface area contributed by atoms with Crippen molar-refractivity contribution >= 4 is 28.2 Å². The molecule has 0 radical (unpaired) electrons. The number of carbonyl (C=O) groups is 1. The second kappa shape index (κ2) is 8.11. The number of fused-ring (bicyclic) bond motifs is 1. The van der Waals surface area contributed by atoms with E-state index in [2.05, 4.69) is 21.3 Å². The lowest BCUT2D eigenvalue weighted by molar-refractivity contribution is -0.120. The van der Waals surface area contributed by atoms with Crippen LogP contribution in [0.15, 0.2) is 42.6 Å². The Balaban J connectivity index is 1.52. The maximum Gasteiger partial charge on any atom is 0.227 e. The lowest BCUT2D eigenvalue weighted by Gasteiger charge is -2.34. The minimum atomic E-state index is -0.358. The van der Waals surface area contributed by atoms with E-state index in [-0.39, 0.29) is 17.6 Å². The molecule has 1 aromatic heterocycles. The van der Waals surface area contributed by atoms with E-state index in [4.69, 9.17) is 0 Å². The van der Waals surface area contributed by atoms with E-state index in [1.165, 1.54) is 18.3 Å². The standard InChI is InChI=1S/C24H23FN4O/c1-15-4-3-5-21(16(15)2)28-24(30)17-8-10-29(11-9-17)23-18(13-26)14-27-22-7-6-19(25)12-20(22)23/h3-7,12,14,17H,8-11H2,1-2H3,(H,28,30). The molecular weight excluding hydrogens is 379 g/mol. The van der Waals surface area contributed by atoms with Gasteiger partial charge in [-0.15, -0.1) is 0 Å². The van der Waals surface area contributed by atoms with Crippen LogP contribution in [0.25, 0.3) is 10.9 Å².